The summed E-state index contributed by atoms with van der Waals surface area (Å²) >= 11 is 0. The fourth-order valence-electron chi connectivity index (χ4n) is 6.39. The first-order valence-electron chi connectivity index (χ1n) is 18.1. The van der Waals surface area contributed by atoms with Crippen molar-refractivity contribution in [2.45, 2.75) is 101 Å². The van der Waals surface area contributed by atoms with E-state index in [1.165, 1.54) is 24.3 Å². The molecular formula is C38H43N3O19. The van der Waals surface area contributed by atoms with Gasteiger partial charge in [-0.2, -0.15) is 0 Å². The number of hydrogen-bond acceptors (Lipinski definition) is 19. The van der Waals surface area contributed by atoms with Crippen LogP contribution >= 0.6 is 0 Å². The zero-order valence-corrected chi connectivity index (χ0v) is 32.8. The molecule has 0 aliphatic carbocycles. The van der Waals surface area contributed by atoms with Crippen LogP contribution in [0, 0.1) is 0 Å². The molecule has 2 saturated heterocycles. The van der Waals surface area contributed by atoms with Crippen LogP contribution in [0.5, 0.6) is 0 Å². The lowest BCUT2D eigenvalue weighted by molar-refractivity contribution is -0.335. The average molecular weight is 846 g/mol. The summed E-state index contributed by atoms with van der Waals surface area (Å²) in [7, 11) is 1.15. The van der Waals surface area contributed by atoms with Gasteiger partial charge in [0.05, 0.1) is 24.2 Å². The van der Waals surface area contributed by atoms with E-state index in [0.29, 0.717) is 0 Å². The number of rotatable bonds is 17. The molecule has 2 N–H and O–H groups in total. The number of esters is 6. The Balaban J connectivity index is 1.75. The SMILES string of the molecule is CO[C@@H]1O[C@H](CO[C@]2(C(=O)O)C[C@H](OC(C)=O)[C@@H](N=[N+]=[N-])[C@H]([C@H](OC(C)=O)[C@@H](COC(C)=O)OC(C)=O)O2)[C@H](O)[C@H](OC(=O)c2ccccc2)[C@H]1OC(=O)c1ccccc1. The number of aliphatic carboxylic acids is 1. The Kier molecular flexibility index (Phi) is 16.4. The molecular weight excluding hydrogens is 802 g/mol. The minimum absolute atomic E-state index is 0.0479. The fraction of sp³-hybridized carbons (Fsp3) is 0.500. The Morgan fingerprint density at radius 2 is 1.40 bits per heavy atom. The van der Waals surface area contributed by atoms with E-state index in [-0.39, 0.29) is 11.1 Å². The Hall–Kier alpha value is -6.16. The van der Waals surface area contributed by atoms with Gasteiger partial charge in [-0.1, -0.05) is 41.5 Å². The molecule has 0 radical (unpaired) electrons. The Morgan fingerprint density at radius 3 is 1.88 bits per heavy atom. The van der Waals surface area contributed by atoms with Crippen LogP contribution in [-0.4, -0.2) is 139 Å². The van der Waals surface area contributed by atoms with Crippen LogP contribution in [0.1, 0.15) is 54.8 Å². The standard InChI is InChI=1S/C38H43N3O19/c1-19(42)52-17-27(55-21(3)44)30(56-22(4)45)31-28(40-41-39)25(54-20(2)43)16-38(60-31,37(49)50)53-18-26-29(46)32(58-34(47)23-12-8-6-9-13-23)33(36(51-5)57-26)59-35(48)24-14-10-7-11-15-24/h6-15,25-33,36,46H,16-18H2,1-5H3,(H,49,50)/t25-,26+,27+,28+,29-,30+,31+,32-,33+,36+,38+/m0/s1. The van der Waals surface area contributed by atoms with E-state index < -0.39 is 128 Å². The molecule has 22 nitrogen and oxygen atoms in total. The number of methoxy groups -OCH3 is 1. The second-order valence-electron chi connectivity index (χ2n) is 13.3. The first kappa shape index (κ1) is 46.5. The van der Waals surface area contributed by atoms with Crippen LogP contribution in [-0.2, 0) is 71.3 Å². The lowest BCUT2D eigenvalue weighted by Gasteiger charge is -2.48. The number of carboxylic acid groups (broad SMARTS) is 1. The highest BCUT2D eigenvalue weighted by molar-refractivity contribution is 5.90. The molecule has 2 aliphatic heterocycles. The van der Waals surface area contributed by atoms with Crippen molar-refractivity contribution < 1.29 is 91.1 Å². The molecule has 0 unspecified atom stereocenters. The molecule has 2 aliphatic rings. The van der Waals surface area contributed by atoms with E-state index in [9.17, 15) is 49.3 Å². The predicted molar refractivity (Wildman–Crippen MR) is 195 cm³/mol. The van der Waals surface area contributed by atoms with Gasteiger partial charge in [-0.3, -0.25) is 19.2 Å². The maximum atomic E-state index is 13.3. The summed E-state index contributed by atoms with van der Waals surface area (Å²) in [5, 5.41) is 26.1. The van der Waals surface area contributed by atoms with Gasteiger partial charge in [-0.25, -0.2) is 14.4 Å². The monoisotopic (exact) mass is 845 g/mol. The van der Waals surface area contributed by atoms with Crippen molar-refractivity contribution >= 4 is 41.8 Å². The molecule has 2 aromatic rings. The molecule has 0 amide bonds. The van der Waals surface area contributed by atoms with Crippen molar-refractivity contribution in [2.24, 2.45) is 5.11 Å². The third-order valence-corrected chi connectivity index (χ3v) is 8.94. The molecule has 0 saturated carbocycles. The van der Waals surface area contributed by atoms with Gasteiger partial charge in [-0.15, -0.1) is 0 Å². The largest absolute Gasteiger partial charge is 0.477 e. The number of carboxylic acids is 1. The topological polar surface area (TPSA) is 301 Å². The van der Waals surface area contributed by atoms with Crippen molar-refractivity contribution in [3.63, 3.8) is 0 Å². The Labute approximate surface area is 341 Å². The summed E-state index contributed by atoms with van der Waals surface area (Å²) in [6.45, 7) is 2.14. The average Bonchev–Trinajstić information content (AvgIpc) is 3.20. The molecule has 22 heteroatoms. The zero-order valence-electron chi connectivity index (χ0n) is 32.8. The van der Waals surface area contributed by atoms with Gasteiger partial charge in [0.2, 0.25) is 0 Å². The van der Waals surface area contributed by atoms with Crippen LogP contribution in [0.4, 0.5) is 0 Å². The van der Waals surface area contributed by atoms with Crippen molar-refractivity contribution in [1.29, 1.82) is 0 Å². The number of carbonyl (C=O) groups is 7. The summed E-state index contributed by atoms with van der Waals surface area (Å²) < 4.78 is 55.6. The van der Waals surface area contributed by atoms with Gasteiger partial charge >= 0.3 is 41.8 Å². The van der Waals surface area contributed by atoms with Crippen LogP contribution in [0.15, 0.2) is 65.8 Å². The van der Waals surface area contributed by atoms with E-state index in [0.717, 1.165) is 34.8 Å². The highest BCUT2D eigenvalue weighted by Crippen LogP contribution is 2.39. The summed E-state index contributed by atoms with van der Waals surface area (Å²) in [5.41, 5.74) is 9.67. The normalized spacial score (nSPS) is 27.0. The number of aliphatic hydroxyl groups excluding tert-OH is 1. The molecule has 2 aromatic carbocycles. The van der Waals surface area contributed by atoms with Gasteiger partial charge in [0.25, 0.3) is 5.79 Å². The van der Waals surface area contributed by atoms with Gasteiger partial charge in [-0.05, 0) is 29.8 Å². The minimum Gasteiger partial charge on any atom is -0.477 e. The van der Waals surface area contributed by atoms with Gasteiger partial charge in [0.1, 0.15) is 37.1 Å². The maximum absolute atomic E-state index is 13.3. The number of azide groups is 1. The van der Waals surface area contributed by atoms with Gasteiger partial charge < -0.3 is 57.6 Å². The zero-order chi connectivity index (χ0) is 44.1. The summed E-state index contributed by atoms with van der Waals surface area (Å²) in [5.74, 6) is -10.6. The molecule has 0 spiro atoms. The first-order valence-corrected chi connectivity index (χ1v) is 18.1. The minimum atomic E-state index is -2.95. The lowest BCUT2D eigenvalue weighted by atomic mass is 9.88. The highest BCUT2D eigenvalue weighted by atomic mass is 16.8. The van der Waals surface area contributed by atoms with Gasteiger partial charge in [0, 0.05) is 39.7 Å². The fourth-order valence-corrected chi connectivity index (χ4v) is 6.39. The number of benzene rings is 2. The Bertz CT molecular complexity index is 1910. The number of hydrogen-bond donors (Lipinski definition) is 2. The summed E-state index contributed by atoms with van der Waals surface area (Å²) in [4.78, 5) is 91.3. The van der Waals surface area contributed by atoms with Crippen LogP contribution in [0.3, 0.4) is 0 Å². The predicted octanol–water partition coefficient (Wildman–Crippen LogP) is 1.79. The van der Waals surface area contributed by atoms with E-state index in [2.05, 4.69) is 10.0 Å². The first-order chi connectivity index (χ1) is 28.5. The summed E-state index contributed by atoms with van der Waals surface area (Å²) in [6, 6.07) is 13.5. The molecule has 324 valence electrons. The smallest absolute Gasteiger partial charge is 0.364 e. The molecule has 4 rings (SSSR count). The van der Waals surface area contributed by atoms with Crippen LogP contribution in [0.2, 0.25) is 0 Å². The van der Waals surface area contributed by atoms with Crippen molar-refractivity contribution in [1.82, 2.24) is 0 Å². The van der Waals surface area contributed by atoms with Crippen molar-refractivity contribution in [3.8, 4) is 0 Å². The lowest BCUT2D eigenvalue weighted by Crippen LogP contribution is -2.66. The quantitative estimate of drug-likeness (QED) is 0.0754. The third-order valence-electron chi connectivity index (χ3n) is 8.94. The van der Waals surface area contributed by atoms with Crippen LogP contribution < -0.4 is 0 Å². The number of carbonyl (C=O) groups excluding carboxylic acids is 6. The summed E-state index contributed by atoms with van der Waals surface area (Å²) in [6.07, 6.45) is -16.9. The third kappa shape index (κ3) is 12.0. The molecule has 0 aromatic heterocycles. The maximum Gasteiger partial charge on any atom is 0.364 e. The number of aliphatic hydroxyl groups is 1. The van der Waals surface area contributed by atoms with Crippen LogP contribution in [0.25, 0.3) is 10.4 Å². The van der Waals surface area contributed by atoms with Crippen molar-refractivity contribution in [2.75, 3.05) is 20.3 Å². The van der Waals surface area contributed by atoms with E-state index in [1.54, 1.807) is 36.4 Å². The van der Waals surface area contributed by atoms with E-state index >= 15 is 0 Å². The highest BCUT2D eigenvalue weighted by Gasteiger charge is 2.59. The van der Waals surface area contributed by atoms with Crippen molar-refractivity contribution in [3.05, 3.63) is 82.2 Å². The Morgan fingerprint density at radius 1 is 0.833 bits per heavy atom. The molecule has 0 bridgehead atoms. The molecule has 60 heavy (non-hydrogen) atoms. The molecule has 2 fully saturated rings. The second kappa shape index (κ2) is 21.2. The van der Waals surface area contributed by atoms with E-state index in [4.69, 9.17) is 47.4 Å². The second-order valence-corrected chi connectivity index (χ2v) is 13.3. The van der Waals surface area contributed by atoms with Gasteiger partial charge in [0.15, 0.2) is 30.7 Å². The number of ether oxygens (including phenoxy) is 10. The van der Waals surface area contributed by atoms with E-state index in [1.807, 2.05) is 0 Å². The number of nitrogens with zero attached hydrogens (tertiary/aromatic N) is 3. The molecule has 11 atom stereocenters. The molecule has 2 heterocycles.